The lowest BCUT2D eigenvalue weighted by Crippen LogP contribution is -2.48. The molecule has 26 heavy (non-hydrogen) atoms. The van der Waals surface area contributed by atoms with Crippen LogP contribution < -0.4 is 9.62 Å². The molecule has 1 aromatic rings. The second-order valence-electron chi connectivity index (χ2n) is 6.40. The summed E-state index contributed by atoms with van der Waals surface area (Å²) in [6, 6.07) is 3.60. The van der Waals surface area contributed by atoms with Crippen LogP contribution in [-0.4, -0.2) is 44.2 Å². The first-order valence-corrected chi connectivity index (χ1v) is 12.2. The Balaban J connectivity index is 2.02. The van der Waals surface area contributed by atoms with Crippen molar-refractivity contribution in [2.45, 2.75) is 43.9 Å². The van der Waals surface area contributed by atoms with Gasteiger partial charge in [-0.3, -0.25) is 9.10 Å². The van der Waals surface area contributed by atoms with E-state index in [1.165, 1.54) is 44.7 Å². The van der Waals surface area contributed by atoms with Gasteiger partial charge in [0.2, 0.25) is 15.9 Å². The number of benzene rings is 1. The Kier molecular flexibility index (Phi) is 7.94. The molecule has 1 atom stereocenters. The first-order valence-electron chi connectivity index (χ1n) is 8.54. The molecule has 9 heteroatoms. The van der Waals surface area contributed by atoms with Gasteiger partial charge in [0, 0.05) is 22.6 Å². The number of sulfonamides is 1. The summed E-state index contributed by atoms with van der Waals surface area (Å²) >= 11 is 14.0. The highest BCUT2D eigenvalue weighted by atomic mass is 35.5. The van der Waals surface area contributed by atoms with E-state index in [-0.39, 0.29) is 16.6 Å². The molecular weight excluding hydrogens is 415 g/mol. The normalized spacial score (nSPS) is 16.5. The maximum atomic E-state index is 12.5. The maximum Gasteiger partial charge on any atom is 0.243 e. The van der Waals surface area contributed by atoms with Crippen LogP contribution in [0, 0.1) is 0 Å². The van der Waals surface area contributed by atoms with Gasteiger partial charge < -0.3 is 5.32 Å². The molecule has 0 aromatic heterocycles. The Morgan fingerprint density at radius 3 is 2.62 bits per heavy atom. The van der Waals surface area contributed by atoms with Gasteiger partial charge in [-0.05, 0) is 38.0 Å². The average Bonchev–Trinajstić information content (AvgIpc) is 3.07. The number of hydrogen-bond acceptors (Lipinski definition) is 4. The predicted molar refractivity (Wildman–Crippen MR) is 111 cm³/mol. The van der Waals surface area contributed by atoms with Crippen molar-refractivity contribution in [2.24, 2.45) is 0 Å². The third-order valence-electron chi connectivity index (χ3n) is 4.29. The molecule has 0 radical (unpaired) electrons. The summed E-state index contributed by atoms with van der Waals surface area (Å²) in [6.45, 7) is 2.04. The van der Waals surface area contributed by atoms with Gasteiger partial charge in [0.05, 0.1) is 17.0 Å². The Hall–Kier alpha value is -0.630. The Bertz CT molecular complexity index is 738. The van der Waals surface area contributed by atoms with Crippen molar-refractivity contribution in [3.05, 3.63) is 28.2 Å². The molecule has 0 bridgehead atoms. The van der Waals surface area contributed by atoms with Crippen LogP contribution in [0.2, 0.25) is 10.0 Å². The average molecular weight is 439 g/mol. The third kappa shape index (κ3) is 5.94. The topological polar surface area (TPSA) is 66.5 Å². The summed E-state index contributed by atoms with van der Waals surface area (Å²) in [7, 11) is -3.72. The van der Waals surface area contributed by atoms with Crippen LogP contribution in [0.25, 0.3) is 0 Å². The molecule has 1 saturated carbocycles. The lowest BCUT2D eigenvalue weighted by atomic mass is 10.2. The van der Waals surface area contributed by atoms with E-state index < -0.39 is 16.1 Å². The summed E-state index contributed by atoms with van der Waals surface area (Å²) in [4.78, 5) is 12.5. The highest BCUT2D eigenvalue weighted by molar-refractivity contribution is 7.99. The van der Waals surface area contributed by atoms with Crippen LogP contribution in [0.4, 0.5) is 5.69 Å². The molecule has 0 heterocycles. The first kappa shape index (κ1) is 21.7. The Labute approximate surface area is 169 Å². The van der Waals surface area contributed by atoms with Crippen molar-refractivity contribution in [2.75, 3.05) is 22.9 Å². The number of thioether (sulfide) groups is 1. The summed E-state index contributed by atoms with van der Waals surface area (Å²) in [6.07, 6.45) is 6.09. The molecule has 1 amide bonds. The molecule has 0 unspecified atom stereocenters. The zero-order chi connectivity index (χ0) is 19.3. The van der Waals surface area contributed by atoms with E-state index in [4.69, 9.17) is 23.2 Å². The highest BCUT2D eigenvalue weighted by Crippen LogP contribution is 2.32. The minimum absolute atomic E-state index is 0.199. The maximum absolute atomic E-state index is 12.5. The molecule has 0 spiro atoms. The van der Waals surface area contributed by atoms with E-state index in [1.807, 2.05) is 11.8 Å². The fourth-order valence-electron chi connectivity index (χ4n) is 3.04. The monoisotopic (exact) mass is 438 g/mol. The van der Waals surface area contributed by atoms with E-state index in [1.54, 1.807) is 6.07 Å². The van der Waals surface area contributed by atoms with Gasteiger partial charge in [0.1, 0.15) is 6.04 Å². The smallest absolute Gasteiger partial charge is 0.243 e. The number of halogens is 2. The standard InChI is InChI=1S/C17H24Cl2N2O3S2/c1-12(17(22)20-9-10-25-14-5-3-4-6-14)21(26(2,23)24)16-11-13(18)7-8-15(16)19/h7-8,11-12,14H,3-6,9-10H2,1-2H3,(H,20,22)/t12-/m1/s1. The summed E-state index contributed by atoms with van der Waals surface area (Å²) in [5, 5.41) is 4.07. The number of nitrogens with zero attached hydrogens (tertiary/aromatic N) is 1. The molecule has 1 fully saturated rings. The molecule has 1 aliphatic rings. The van der Waals surface area contributed by atoms with Crippen molar-refractivity contribution in [3.63, 3.8) is 0 Å². The lowest BCUT2D eigenvalue weighted by molar-refractivity contribution is -0.121. The zero-order valence-corrected chi connectivity index (χ0v) is 18.0. The SMILES string of the molecule is C[C@H](C(=O)NCCSC1CCCC1)N(c1cc(Cl)ccc1Cl)S(C)(=O)=O. The van der Waals surface area contributed by atoms with Gasteiger partial charge >= 0.3 is 0 Å². The van der Waals surface area contributed by atoms with Crippen LogP contribution >= 0.6 is 35.0 Å². The van der Waals surface area contributed by atoms with Gasteiger partial charge in [0.15, 0.2) is 0 Å². The minimum atomic E-state index is -3.72. The van der Waals surface area contributed by atoms with Crippen LogP contribution in [0.3, 0.4) is 0 Å². The molecular formula is C17H24Cl2N2O3S2. The molecule has 146 valence electrons. The number of nitrogens with one attached hydrogen (secondary N) is 1. The molecule has 0 aliphatic heterocycles. The van der Waals surface area contributed by atoms with Crippen LogP contribution in [0.15, 0.2) is 18.2 Å². The van der Waals surface area contributed by atoms with Crippen LogP contribution in [-0.2, 0) is 14.8 Å². The fraction of sp³-hybridized carbons (Fsp3) is 0.588. The van der Waals surface area contributed by atoms with Crippen molar-refractivity contribution in [1.82, 2.24) is 5.32 Å². The Morgan fingerprint density at radius 1 is 1.35 bits per heavy atom. The van der Waals surface area contributed by atoms with E-state index in [0.29, 0.717) is 16.8 Å². The van der Waals surface area contributed by atoms with Crippen molar-refractivity contribution >= 4 is 56.6 Å². The van der Waals surface area contributed by atoms with Gasteiger partial charge in [-0.1, -0.05) is 36.0 Å². The molecule has 1 aliphatic carbocycles. The van der Waals surface area contributed by atoms with Gasteiger partial charge in [-0.2, -0.15) is 11.8 Å². The fourth-order valence-corrected chi connectivity index (χ4v) is 5.86. The molecule has 1 aromatic carbocycles. The lowest BCUT2D eigenvalue weighted by Gasteiger charge is -2.29. The van der Waals surface area contributed by atoms with E-state index in [9.17, 15) is 13.2 Å². The van der Waals surface area contributed by atoms with Crippen LogP contribution in [0.1, 0.15) is 32.6 Å². The van der Waals surface area contributed by atoms with E-state index >= 15 is 0 Å². The number of amides is 1. The molecule has 1 N–H and O–H groups in total. The summed E-state index contributed by atoms with van der Waals surface area (Å²) in [5.41, 5.74) is 0.199. The first-order chi connectivity index (χ1) is 12.2. The van der Waals surface area contributed by atoms with E-state index in [2.05, 4.69) is 5.32 Å². The quantitative estimate of drug-likeness (QED) is 0.624. The van der Waals surface area contributed by atoms with Crippen molar-refractivity contribution in [1.29, 1.82) is 0 Å². The van der Waals surface area contributed by atoms with Gasteiger partial charge in [-0.25, -0.2) is 8.42 Å². The summed E-state index contributed by atoms with van der Waals surface area (Å²) in [5.74, 6) is 0.457. The van der Waals surface area contributed by atoms with E-state index in [0.717, 1.165) is 16.3 Å². The predicted octanol–water partition coefficient (Wildman–Crippen LogP) is 3.94. The number of rotatable bonds is 8. The summed E-state index contributed by atoms with van der Waals surface area (Å²) < 4.78 is 25.6. The van der Waals surface area contributed by atoms with Crippen molar-refractivity contribution in [3.8, 4) is 0 Å². The zero-order valence-electron chi connectivity index (χ0n) is 14.9. The van der Waals surface area contributed by atoms with Crippen molar-refractivity contribution < 1.29 is 13.2 Å². The Morgan fingerprint density at radius 2 is 2.00 bits per heavy atom. The largest absolute Gasteiger partial charge is 0.353 e. The second-order valence-corrected chi connectivity index (χ2v) is 10.5. The molecule has 0 saturated heterocycles. The number of carbonyl (C=O) groups is 1. The molecule has 2 rings (SSSR count). The number of carbonyl (C=O) groups excluding carboxylic acids is 1. The number of hydrogen-bond donors (Lipinski definition) is 1. The highest BCUT2D eigenvalue weighted by Gasteiger charge is 2.30. The van der Waals surface area contributed by atoms with Gasteiger partial charge in [-0.15, -0.1) is 0 Å². The van der Waals surface area contributed by atoms with Crippen LogP contribution in [0.5, 0.6) is 0 Å². The minimum Gasteiger partial charge on any atom is -0.353 e. The number of anilines is 1. The third-order valence-corrected chi connectivity index (χ3v) is 7.46. The molecule has 5 nitrogen and oxygen atoms in total. The second kappa shape index (κ2) is 9.53. The van der Waals surface area contributed by atoms with Gasteiger partial charge in [0.25, 0.3) is 0 Å².